The zero-order chi connectivity index (χ0) is 24.8. The molecule has 2 aliphatic heterocycles. The van der Waals surface area contributed by atoms with Gasteiger partial charge in [-0.3, -0.25) is 15.0 Å². The number of nitriles is 1. The Morgan fingerprint density at radius 2 is 1.88 bits per heavy atom. The summed E-state index contributed by atoms with van der Waals surface area (Å²) in [6.07, 6.45) is 2.72. The largest absolute Gasteiger partial charge is 0.444 e. The summed E-state index contributed by atoms with van der Waals surface area (Å²) < 4.78 is 5.54. The molecule has 1 aliphatic carbocycles. The monoisotopic (exact) mass is 469 g/mol. The molecule has 0 N–H and O–H groups in total. The predicted octanol–water partition coefficient (Wildman–Crippen LogP) is 4.08. The maximum Gasteiger partial charge on any atom is 0.410 e. The molecule has 2 saturated heterocycles. The molecule has 9 heteroatoms. The lowest BCUT2D eigenvalue weighted by molar-refractivity contribution is -0.385. The first-order chi connectivity index (χ1) is 15.9. The fourth-order valence-corrected chi connectivity index (χ4v) is 5.75. The van der Waals surface area contributed by atoms with E-state index in [1.54, 1.807) is 12.1 Å². The summed E-state index contributed by atoms with van der Waals surface area (Å²) in [5, 5.41) is 20.8. The van der Waals surface area contributed by atoms with E-state index < -0.39 is 10.5 Å². The second-order valence-electron chi connectivity index (χ2n) is 11.0. The number of rotatable bonds is 3. The van der Waals surface area contributed by atoms with Gasteiger partial charge in [-0.2, -0.15) is 5.26 Å². The third-order valence-corrected chi connectivity index (χ3v) is 7.59. The normalized spacial score (nSPS) is 25.8. The SMILES string of the molecule is Cc1cc(C#N)c([N+](=O)[O-])cc1N1CCN(C2CCN(C(=O)OC(C)(C)C)CC2)C2(CC2C)C1. The van der Waals surface area contributed by atoms with Crippen molar-refractivity contribution in [1.29, 1.82) is 5.26 Å². The van der Waals surface area contributed by atoms with Crippen molar-refractivity contribution in [3.8, 4) is 6.07 Å². The second-order valence-corrected chi connectivity index (χ2v) is 11.0. The number of aryl methyl sites for hydroxylation is 1. The van der Waals surface area contributed by atoms with Gasteiger partial charge in [-0.05, 0) is 64.5 Å². The van der Waals surface area contributed by atoms with Crippen LogP contribution < -0.4 is 4.90 Å². The third-order valence-electron chi connectivity index (χ3n) is 7.59. The van der Waals surface area contributed by atoms with Gasteiger partial charge in [0.1, 0.15) is 17.2 Å². The number of hydrogen-bond acceptors (Lipinski definition) is 7. The molecule has 3 aliphatic rings. The van der Waals surface area contributed by atoms with Crippen molar-refractivity contribution >= 4 is 17.5 Å². The summed E-state index contributed by atoms with van der Waals surface area (Å²) in [4.78, 5) is 30.2. The van der Waals surface area contributed by atoms with Gasteiger partial charge < -0.3 is 14.5 Å². The van der Waals surface area contributed by atoms with Crippen LogP contribution in [0.3, 0.4) is 0 Å². The second kappa shape index (κ2) is 8.73. The van der Waals surface area contributed by atoms with Gasteiger partial charge in [0.15, 0.2) is 0 Å². The van der Waals surface area contributed by atoms with Crippen molar-refractivity contribution in [2.45, 2.75) is 71.1 Å². The minimum atomic E-state index is -0.490. The molecule has 3 fully saturated rings. The summed E-state index contributed by atoms with van der Waals surface area (Å²) >= 11 is 0. The number of piperazine rings is 1. The highest BCUT2D eigenvalue weighted by molar-refractivity contribution is 5.68. The molecular weight excluding hydrogens is 434 g/mol. The van der Waals surface area contributed by atoms with Gasteiger partial charge >= 0.3 is 6.09 Å². The Hall–Kier alpha value is -2.86. The number of nitro benzene ring substituents is 1. The van der Waals surface area contributed by atoms with Gasteiger partial charge in [-0.15, -0.1) is 0 Å². The number of hydrogen-bond donors (Lipinski definition) is 0. The number of carbonyl (C=O) groups excluding carboxylic acids is 1. The lowest BCUT2D eigenvalue weighted by Gasteiger charge is -2.49. The van der Waals surface area contributed by atoms with Crippen LogP contribution in [0, 0.1) is 34.3 Å². The first-order valence-corrected chi connectivity index (χ1v) is 12.1. The quantitative estimate of drug-likeness (QED) is 0.485. The van der Waals surface area contributed by atoms with Crippen LogP contribution in [-0.2, 0) is 4.74 Å². The molecule has 1 aromatic rings. The highest BCUT2D eigenvalue weighted by atomic mass is 16.6. The van der Waals surface area contributed by atoms with Crippen LogP contribution in [0.2, 0.25) is 0 Å². The van der Waals surface area contributed by atoms with Crippen LogP contribution in [0.15, 0.2) is 12.1 Å². The highest BCUT2D eigenvalue weighted by Crippen LogP contribution is 2.52. The van der Waals surface area contributed by atoms with Crippen LogP contribution in [0.4, 0.5) is 16.2 Å². The van der Waals surface area contributed by atoms with Gasteiger partial charge in [-0.25, -0.2) is 4.79 Å². The molecular formula is C25H35N5O4. The number of amides is 1. The molecule has 1 spiro atoms. The molecule has 0 bridgehead atoms. The van der Waals surface area contributed by atoms with Gasteiger partial charge in [0.05, 0.1) is 4.92 Å². The summed E-state index contributed by atoms with van der Waals surface area (Å²) in [5.74, 6) is 0.549. The number of nitrogens with zero attached hydrogens (tertiary/aromatic N) is 5. The smallest absolute Gasteiger partial charge is 0.410 e. The number of nitro groups is 1. The predicted molar refractivity (Wildman–Crippen MR) is 129 cm³/mol. The Balaban J connectivity index is 1.46. The number of anilines is 1. The fraction of sp³-hybridized carbons (Fsp3) is 0.680. The lowest BCUT2D eigenvalue weighted by atomic mass is 9.96. The maximum absolute atomic E-state index is 12.5. The van der Waals surface area contributed by atoms with Crippen LogP contribution in [0.5, 0.6) is 0 Å². The number of piperidine rings is 1. The molecule has 0 aromatic heterocycles. The van der Waals surface area contributed by atoms with Gasteiger partial charge in [0.2, 0.25) is 0 Å². The molecule has 2 atom stereocenters. The van der Waals surface area contributed by atoms with Crippen molar-refractivity contribution in [1.82, 2.24) is 9.80 Å². The Morgan fingerprint density at radius 3 is 2.41 bits per heavy atom. The molecule has 2 unspecified atom stereocenters. The molecule has 34 heavy (non-hydrogen) atoms. The molecule has 1 amide bonds. The van der Waals surface area contributed by atoms with Crippen LogP contribution >= 0.6 is 0 Å². The standard InChI is InChI=1S/C25H35N5O4/c1-17-12-19(15-26)22(30(32)33)13-21(17)28-10-11-29(25(16-28)14-18(25)2)20-6-8-27(9-7-20)23(31)34-24(3,4)5/h12-13,18,20H,6-11,14,16H2,1-5H3. The van der Waals surface area contributed by atoms with Crippen molar-refractivity contribution in [3.05, 3.63) is 33.4 Å². The maximum atomic E-state index is 12.5. The minimum absolute atomic E-state index is 0.0616. The van der Waals surface area contributed by atoms with E-state index in [9.17, 15) is 20.2 Å². The van der Waals surface area contributed by atoms with Gasteiger partial charge in [0, 0.05) is 56.1 Å². The van der Waals surface area contributed by atoms with E-state index >= 15 is 0 Å². The van der Waals surface area contributed by atoms with E-state index in [2.05, 4.69) is 16.7 Å². The first-order valence-electron chi connectivity index (χ1n) is 12.1. The van der Waals surface area contributed by atoms with Crippen molar-refractivity contribution in [2.75, 3.05) is 37.6 Å². The third kappa shape index (κ3) is 4.56. The fourth-order valence-electron chi connectivity index (χ4n) is 5.75. The zero-order valence-corrected chi connectivity index (χ0v) is 20.8. The van der Waals surface area contributed by atoms with Crippen molar-refractivity contribution in [3.63, 3.8) is 0 Å². The van der Waals surface area contributed by atoms with E-state index in [1.807, 2.05) is 38.7 Å². The average molecular weight is 470 g/mol. The molecule has 1 saturated carbocycles. The zero-order valence-electron chi connectivity index (χ0n) is 20.8. The summed E-state index contributed by atoms with van der Waals surface area (Å²) in [6, 6.07) is 5.58. The topological polar surface area (TPSA) is 103 Å². The van der Waals surface area contributed by atoms with E-state index in [4.69, 9.17) is 4.74 Å². The molecule has 4 rings (SSSR count). The highest BCUT2D eigenvalue weighted by Gasteiger charge is 2.59. The van der Waals surface area contributed by atoms with Crippen LogP contribution in [0.25, 0.3) is 0 Å². The van der Waals surface area contributed by atoms with E-state index in [1.165, 1.54) is 0 Å². The number of ether oxygens (including phenoxy) is 1. The van der Waals surface area contributed by atoms with Gasteiger partial charge in [-0.1, -0.05) is 6.92 Å². The van der Waals surface area contributed by atoms with Crippen LogP contribution in [-0.4, -0.2) is 70.7 Å². The van der Waals surface area contributed by atoms with Crippen molar-refractivity contribution < 1.29 is 14.5 Å². The number of carbonyl (C=O) groups is 1. The average Bonchev–Trinajstić information content (AvgIpc) is 3.40. The minimum Gasteiger partial charge on any atom is -0.444 e. The van der Waals surface area contributed by atoms with E-state index in [0.29, 0.717) is 25.0 Å². The van der Waals surface area contributed by atoms with Gasteiger partial charge in [0.25, 0.3) is 5.69 Å². The Kier molecular flexibility index (Phi) is 6.23. The Labute approximate surface area is 201 Å². The molecule has 184 valence electrons. The summed E-state index contributed by atoms with van der Waals surface area (Å²) in [6.45, 7) is 13.8. The van der Waals surface area contributed by atoms with E-state index in [-0.39, 0.29) is 22.9 Å². The summed E-state index contributed by atoms with van der Waals surface area (Å²) in [7, 11) is 0. The Bertz CT molecular complexity index is 1020. The van der Waals surface area contributed by atoms with E-state index in [0.717, 1.165) is 50.1 Å². The molecule has 0 radical (unpaired) electrons. The molecule has 2 heterocycles. The number of likely N-dealkylation sites (tertiary alicyclic amines) is 1. The molecule has 9 nitrogen and oxygen atoms in total. The lowest BCUT2D eigenvalue weighted by Crippen LogP contribution is -2.61. The Morgan fingerprint density at radius 1 is 1.24 bits per heavy atom. The first kappa shape index (κ1) is 24.3. The molecule has 1 aromatic carbocycles. The summed E-state index contributed by atoms with van der Waals surface area (Å²) in [5.41, 5.74) is 1.30. The number of benzene rings is 1. The van der Waals surface area contributed by atoms with Crippen LogP contribution in [0.1, 0.15) is 58.1 Å². The van der Waals surface area contributed by atoms with Crippen molar-refractivity contribution in [2.24, 2.45) is 5.92 Å².